The summed E-state index contributed by atoms with van der Waals surface area (Å²) in [6, 6.07) is 1.84. The second-order valence-corrected chi connectivity index (χ2v) is 5.26. The maximum atomic E-state index is 12.1. The van der Waals surface area contributed by atoms with Crippen LogP contribution in [0.4, 0.5) is 0 Å². The Labute approximate surface area is 136 Å². The van der Waals surface area contributed by atoms with Crippen LogP contribution in [0.1, 0.15) is 25.3 Å². The molecule has 2 rings (SSSR count). The van der Waals surface area contributed by atoms with Crippen LogP contribution in [0.3, 0.4) is 0 Å². The van der Waals surface area contributed by atoms with Gasteiger partial charge in [0.25, 0.3) is 0 Å². The van der Waals surface area contributed by atoms with Crippen LogP contribution < -0.4 is 19.5 Å². The van der Waals surface area contributed by atoms with Gasteiger partial charge in [-0.1, -0.05) is 13.3 Å². The number of H-pyrrole nitrogens is 1. The van der Waals surface area contributed by atoms with Crippen molar-refractivity contribution in [2.24, 2.45) is 0 Å². The predicted molar refractivity (Wildman–Crippen MR) is 89.6 cm³/mol. The number of carbonyl (C=O) groups excluding carboxylic acids is 1. The number of hydrogen-bond acceptors (Lipinski definition) is 4. The van der Waals surface area contributed by atoms with Crippen LogP contribution in [0.15, 0.2) is 12.3 Å². The van der Waals surface area contributed by atoms with Gasteiger partial charge in [0.1, 0.15) is 0 Å². The van der Waals surface area contributed by atoms with E-state index in [9.17, 15) is 4.79 Å². The first-order valence-corrected chi connectivity index (χ1v) is 7.71. The van der Waals surface area contributed by atoms with E-state index < -0.39 is 0 Å². The third-order valence-electron chi connectivity index (χ3n) is 3.76. The minimum absolute atomic E-state index is 0.00353. The van der Waals surface area contributed by atoms with E-state index in [0.717, 1.165) is 29.3 Å². The SMILES string of the molecule is CCCCNC(=O)Cc1c[nH]c2cc(OC)c(OC)c(OC)c12. The van der Waals surface area contributed by atoms with Crippen molar-refractivity contribution in [3.63, 3.8) is 0 Å². The Morgan fingerprint density at radius 1 is 1.17 bits per heavy atom. The summed E-state index contributed by atoms with van der Waals surface area (Å²) in [6.45, 7) is 2.79. The quantitative estimate of drug-likeness (QED) is 0.734. The third-order valence-corrected chi connectivity index (χ3v) is 3.76. The average molecular weight is 320 g/mol. The van der Waals surface area contributed by atoms with Crippen molar-refractivity contribution in [3.8, 4) is 17.2 Å². The predicted octanol–water partition coefficient (Wildman–Crippen LogP) is 2.65. The van der Waals surface area contributed by atoms with Gasteiger partial charge in [0, 0.05) is 24.2 Å². The fourth-order valence-electron chi connectivity index (χ4n) is 2.61. The molecule has 0 aliphatic carbocycles. The summed E-state index contributed by atoms with van der Waals surface area (Å²) in [5, 5.41) is 3.77. The molecule has 0 unspecified atom stereocenters. The van der Waals surface area contributed by atoms with Gasteiger partial charge in [0.05, 0.1) is 33.3 Å². The van der Waals surface area contributed by atoms with E-state index in [1.165, 1.54) is 0 Å². The highest BCUT2D eigenvalue weighted by Crippen LogP contribution is 2.44. The molecule has 23 heavy (non-hydrogen) atoms. The van der Waals surface area contributed by atoms with Crippen LogP contribution in [0, 0.1) is 0 Å². The van der Waals surface area contributed by atoms with E-state index in [1.54, 1.807) is 21.3 Å². The molecular formula is C17H24N2O4. The summed E-state index contributed by atoms with van der Waals surface area (Å²) in [5.74, 6) is 1.67. The van der Waals surface area contributed by atoms with Crippen LogP contribution in [0.5, 0.6) is 17.2 Å². The van der Waals surface area contributed by atoms with E-state index >= 15 is 0 Å². The lowest BCUT2D eigenvalue weighted by molar-refractivity contribution is -0.120. The largest absolute Gasteiger partial charge is 0.493 e. The van der Waals surface area contributed by atoms with Crippen molar-refractivity contribution >= 4 is 16.8 Å². The number of ether oxygens (including phenoxy) is 3. The fourth-order valence-corrected chi connectivity index (χ4v) is 2.61. The molecule has 2 aromatic rings. The Balaban J connectivity index is 2.36. The first-order valence-electron chi connectivity index (χ1n) is 7.71. The third kappa shape index (κ3) is 3.52. The highest BCUT2D eigenvalue weighted by Gasteiger charge is 2.20. The number of aromatic amines is 1. The van der Waals surface area contributed by atoms with Crippen molar-refractivity contribution in [2.45, 2.75) is 26.2 Å². The number of rotatable bonds is 8. The Kier molecular flexibility index (Phi) is 5.73. The summed E-state index contributed by atoms with van der Waals surface area (Å²) in [6.07, 6.45) is 4.15. The average Bonchev–Trinajstić information content (AvgIpc) is 2.95. The molecule has 0 atom stereocenters. The van der Waals surface area contributed by atoms with Gasteiger partial charge < -0.3 is 24.5 Å². The van der Waals surface area contributed by atoms with E-state index in [0.29, 0.717) is 23.8 Å². The monoisotopic (exact) mass is 320 g/mol. The van der Waals surface area contributed by atoms with Gasteiger partial charge in [0.2, 0.25) is 11.7 Å². The zero-order chi connectivity index (χ0) is 16.8. The Bertz CT molecular complexity index is 679. The number of methoxy groups -OCH3 is 3. The van der Waals surface area contributed by atoms with Gasteiger partial charge in [-0.25, -0.2) is 0 Å². The van der Waals surface area contributed by atoms with Crippen LogP contribution in [0.2, 0.25) is 0 Å². The number of carbonyl (C=O) groups is 1. The molecule has 0 aliphatic heterocycles. The van der Waals surface area contributed by atoms with Gasteiger partial charge >= 0.3 is 0 Å². The number of hydrogen-bond donors (Lipinski definition) is 2. The number of unbranched alkanes of at least 4 members (excludes halogenated alkanes) is 1. The first-order chi connectivity index (χ1) is 11.2. The Morgan fingerprint density at radius 2 is 1.91 bits per heavy atom. The minimum Gasteiger partial charge on any atom is -0.493 e. The fraction of sp³-hybridized carbons (Fsp3) is 0.471. The molecule has 6 nitrogen and oxygen atoms in total. The van der Waals surface area contributed by atoms with Crippen molar-refractivity contribution in [1.29, 1.82) is 0 Å². The van der Waals surface area contributed by atoms with Crippen LogP contribution >= 0.6 is 0 Å². The number of fused-ring (bicyclic) bond motifs is 1. The molecule has 0 saturated carbocycles. The molecule has 0 radical (unpaired) electrons. The van der Waals surface area contributed by atoms with Crippen LogP contribution in [-0.4, -0.2) is 38.8 Å². The van der Waals surface area contributed by atoms with E-state index in [1.807, 2.05) is 12.3 Å². The highest BCUT2D eigenvalue weighted by molar-refractivity contribution is 5.96. The molecule has 6 heteroatoms. The van der Waals surface area contributed by atoms with Crippen molar-refractivity contribution in [3.05, 3.63) is 17.8 Å². The normalized spacial score (nSPS) is 10.6. The van der Waals surface area contributed by atoms with Gasteiger partial charge in [-0.3, -0.25) is 4.79 Å². The second kappa shape index (κ2) is 7.76. The van der Waals surface area contributed by atoms with Crippen molar-refractivity contribution < 1.29 is 19.0 Å². The number of aromatic nitrogens is 1. The zero-order valence-corrected chi connectivity index (χ0v) is 14.1. The molecule has 0 fully saturated rings. The van der Waals surface area contributed by atoms with Crippen molar-refractivity contribution in [1.82, 2.24) is 10.3 Å². The molecule has 0 aliphatic rings. The molecule has 0 bridgehead atoms. The molecule has 126 valence electrons. The van der Waals surface area contributed by atoms with Gasteiger partial charge in [0.15, 0.2) is 11.5 Å². The maximum Gasteiger partial charge on any atom is 0.224 e. The number of benzene rings is 1. The summed E-state index contributed by atoms with van der Waals surface area (Å²) >= 11 is 0. The molecule has 2 N–H and O–H groups in total. The molecular weight excluding hydrogens is 296 g/mol. The molecule has 1 aromatic heterocycles. The summed E-state index contributed by atoms with van der Waals surface area (Å²) in [4.78, 5) is 15.3. The lowest BCUT2D eigenvalue weighted by Crippen LogP contribution is -2.25. The smallest absolute Gasteiger partial charge is 0.224 e. The summed E-state index contributed by atoms with van der Waals surface area (Å²) in [7, 11) is 4.72. The molecule has 0 spiro atoms. The van der Waals surface area contributed by atoms with Gasteiger partial charge in [-0.15, -0.1) is 0 Å². The number of amides is 1. The lowest BCUT2D eigenvalue weighted by Gasteiger charge is -2.14. The zero-order valence-electron chi connectivity index (χ0n) is 14.1. The van der Waals surface area contributed by atoms with Crippen LogP contribution in [0.25, 0.3) is 10.9 Å². The van der Waals surface area contributed by atoms with Gasteiger partial charge in [-0.2, -0.15) is 0 Å². The molecule has 1 heterocycles. The van der Waals surface area contributed by atoms with Gasteiger partial charge in [-0.05, 0) is 12.0 Å². The Morgan fingerprint density at radius 3 is 2.52 bits per heavy atom. The standard InChI is InChI=1S/C17H24N2O4/c1-5-6-7-18-14(20)8-11-10-19-12-9-13(21-2)16(22-3)17(23-4)15(11)12/h9-10,19H,5-8H2,1-4H3,(H,18,20). The highest BCUT2D eigenvalue weighted by atomic mass is 16.5. The van der Waals surface area contributed by atoms with Crippen LogP contribution in [-0.2, 0) is 11.2 Å². The topological polar surface area (TPSA) is 72.6 Å². The Hall–Kier alpha value is -2.37. The number of nitrogens with one attached hydrogen (secondary N) is 2. The second-order valence-electron chi connectivity index (χ2n) is 5.26. The lowest BCUT2D eigenvalue weighted by atomic mass is 10.1. The molecule has 1 aromatic carbocycles. The first kappa shape index (κ1) is 17.0. The van der Waals surface area contributed by atoms with E-state index in [4.69, 9.17) is 14.2 Å². The summed E-state index contributed by atoms with van der Waals surface area (Å²) in [5.41, 5.74) is 1.71. The maximum absolute atomic E-state index is 12.1. The molecule has 1 amide bonds. The molecule has 0 saturated heterocycles. The van der Waals surface area contributed by atoms with Crippen molar-refractivity contribution in [2.75, 3.05) is 27.9 Å². The summed E-state index contributed by atoms with van der Waals surface area (Å²) < 4.78 is 16.3. The van der Waals surface area contributed by atoms with E-state index in [2.05, 4.69) is 17.2 Å². The minimum atomic E-state index is -0.00353. The van der Waals surface area contributed by atoms with E-state index in [-0.39, 0.29) is 12.3 Å².